The maximum Gasteiger partial charge on any atom is 0.322 e. The van der Waals surface area contributed by atoms with Gasteiger partial charge in [-0.3, -0.25) is 0 Å². The fourth-order valence-corrected chi connectivity index (χ4v) is 3.80. The number of urea groups is 1. The van der Waals surface area contributed by atoms with E-state index in [1.54, 1.807) is 11.0 Å². The number of rotatable bonds is 6. The Morgan fingerprint density at radius 3 is 2.97 bits per heavy atom. The quantitative estimate of drug-likeness (QED) is 0.564. The first-order chi connectivity index (χ1) is 15.6. The van der Waals surface area contributed by atoms with Gasteiger partial charge in [0.05, 0.1) is 12.8 Å². The van der Waals surface area contributed by atoms with Crippen LogP contribution in [0.25, 0.3) is 6.08 Å². The number of benzene rings is 2. The van der Waals surface area contributed by atoms with Gasteiger partial charge in [0.2, 0.25) is 0 Å². The summed E-state index contributed by atoms with van der Waals surface area (Å²) >= 11 is 0. The Bertz CT molecular complexity index is 1080. The summed E-state index contributed by atoms with van der Waals surface area (Å²) in [5.41, 5.74) is 3.84. The lowest BCUT2D eigenvalue weighted by Gasteiger charge is -2.33. The van der Waals surface area contributed by atoms with Crippen LogP contribution in [0.15, 0.2) is 71.1 Å². The van der Waals surface area contributed by atoms with E-state index >= 15 is 0 Å². The van der Waals surface area contributed by atoms with Crippen LogP contribution in [0, 0.1) is 11.7 Å². The monoisotopic (exact) mass is 435 g/mol. The Hall–Kier alpha value is -3.61. The summed E-state index contributed by atoms with van der Waals surface area (Å²) in [6.07, 6.45) is 6.52. The molecule has 166 valence electrons. The molecule has 0 aliphatic carbocycles. The molecule has 1 atom stereocenters. The molecule has 3 aromatic rings. The molecule has 1 aliphatic rings. The summed E-state index contributed by atoms with van der Waals surface area (Å²) in [5.74, 6) is 0.802. The number of ether oxygens (including phenoxy) is 1. The Balaban J connectivity index is 1.32. The first-order valence-corrected chi connectivity index (χ1v) is 10.7. The first kappa shape index (κ1) is 21.6. The Kier molecular flexibility index (Phi) is 6.84. The number of nitrogens with zero attached hydrogens (tertiary/aromatic N) is 2. The molecule has 2 aromatic carbocycles. The van der Waals surface area contributed by atoms with E-state index < -0.39 is 0 Å². The van der Waals surface area contributed by atoms with Crippen LogP contribution in [-0.2, 0) is 6.42 Å². The Morgan fingerprint density at radius 1 is 1.31 bits per heavy atom. The zero-order valence-electron chi connectivity index (χ0n) is 18.0. The third kappa shape index (κ3) is 5.75. The van der Waals surface area contributed by atoms with E-state index in [9.17, 15) is 9.18 Å². The molecule has 1 aromatic heterocycles. The minimum atomic E-state index is -0.229. The van der Waals surface area contributed by atoms with E-state index in [4.69, 9.17) is 9.26 Å². The third-order valence-electron chi connectivity index (χ3n) is 5.53. The minimum absolute atomic E-state index is 0.146. The number of carbonyl (C=O) groups is 1. The van der Waals surface area contributed by atoms with Crippen molar-refractivity contribution >= 4 is 17.8 Å². The number of anilines is 1. The summed E-state index contributed by atoms with van der Waals surface area (Å²) in [7, 11) is 0. The highest BCUT2D eigenvalue weighted by Crippen LogP contribution is 2.26. The zero-order chi connectivity index (χ0) is 22.3. The van der Waals surface area contributed by atoms with Gasteiger partial charge < -0.3 is 19.5 Å². The first-order valence-electron chi connectivity index (χ1n) is 10.7. The van der Waals surface area contributed by atoms with Crippen LogP contribution in [0.1, 0.15) is 24.5 Å². The summed E-state index contributed by atoms with van der Waals surface area (Å²) in [4.78, 5) is 14.2. The van der Waals surface area contributed by atoms with Gasteiger partial charge in [0, 0.05) is 19.5 Å². The highest BCUT2D eigenvalue weighted by atomic mass is 19.1. The third-order valence-corrected chi connectivity index (χ3v) is 5.53. The molecule has 1 fully saturated rings. The molecule has 32 heavy (non-hydrogen) atoms. The number of nitrogens with one attached hydrogen (secondary N) is 1. The zero-order valence-corrected chi connectivity index (χ0v) is 18.0. The summed E-state index contributed by atoms with van der Waals surface area (Å²) in [6.45, 7) is 3.91. The number of halogens is 1. The van der Waals surface area contributed by atoms with E-state index in [-0.39, 0.29) is 17.8 Å². The molecular formula is C25H26FN3O3. The van der Waals surface area contributed by atoms with Gasteiger partial charge in [0.15, 0.2) is 0 Å². The van der Waals surface area contributed by atoms with Crippen molar-refractivity contribution in [1.82, 2.24) is 10.1 Å². The molecule has 0 bridgehead atoms. The number of aromatic nitrogens is 1. The lowest BCUT2D eigenvalue weighted by molar-refractivity contribution is 0.198. The van der Waals surface area contributed by atoms with Crippen molar-refractivity contribution in [2.75, 3.05) is 25.0 Å². The van der Waals surface area contributed by atoms with Crippen LogP contribution in [-0.4, -0.2) is 35.8 Å². The highest BCUT2D eigenvalue weighted by molar-refractivity contribution is 5.89. The predicted octanol–water partition coefficient (Wildman–Crippen LogP) is 5.39. The lowest BCUT2D eigenvalue weighted by Crippen LogP contribution is -2.42. The second kappa shape index (κ2) is 10.1. The van der Waals surface area contributed by atoms with Crippen molar-refractivity contribution < 1.29 is 18.4 Å². The molecular weight excluding hydrogens is 409 g/mol. The van der Waals surface area contributed by atoms with Crippen LogP contribution >= 0.6 is 0 Å². The second-order valence-electron chi connectivity index (χ2n) is 7.96. The Morgan fingerprint density at radius 2 is 2.19 bits per heavy atom. The van der Waals surface area contributed by atoms with Gasteiger partial charge in [-0.1, -0.05) is 48.0 Å². The second-order valence-corrected chi connectivity index (χ2v) is 7.96. The van der Waals surface area contributed by atoms with Gasteiger partial charge in [0.25, 0.3) is 0 Å². The maximum atomic E-state index is 13.3. The average molecular weight is 435 g/mol. The van der Waals surface area contributed by atoms with Crippen molar-refractivity contribution in [3.05, 3.63) is 83.5 Å². The molecule has 1 unspecified atom stereocenters. The molecule has 1 saturated heterocycles. The molecule has 2 amide bonds. The van der Waals surface area contributed by atoms with Gasteiger partial charge in [-0.2, -0.15) is 0 Å². The molecule has 7 heteroatoms. The average Bonchev–Trinajstić information content (AvgIpc) is 3.28. The highest BCUT2D eigenvalue weighted by Gasteiger charge is 2.24. The molecule has 1 aliphatic heterocycles. The molecule has 0 spiro atoms. The lowest BCUT2D eigenvalue weighted by atomic mass is 9.91. The molecule has 2 heterocycles. The number of hydrogen-bond donors (Lipinski definition) is 1. The SMILES string of the molecule is CC1CN(C(=O)Nc2cnoc2)CCC1=Cc1cccc(OCCc2cccc(F)c2)c1. The standard InChI is InChI=1S/C25H26FN3O3/c1-18-16-29(25(30)28-23-15-27-32-17-23)10-8-21(18)12-20-5-3-7-24(14-20)31-11-9-19-4-2-6-22(26)13-19/h2-7,12-15,17-18H,8-11,16H2,1H3,(H,28,30). The molecule has 6 nitrogen and oxygen atoms in total. The van der Waals surface area contributed by atoms with Crippen LogP contribution in [0.4, 0.5) is 14.9 Å². The van der Waals surface area contributed by atoms with Crippen molar-refractivity contribution in [3.8, 4) is 5.75 Å². The number of carbonyl (C=O) groups excluding carboxylic acids is 1. The molecule has 0 saturated carbocycles. The number of hydrogen-bond acceptors (Lipinski definition) is 4. The molecule has 0 radical (unpaired) electrons. The van der Waals surface area contributed by atoms with E-state index in [1.165, 1.54) is 30.2 Å². The van der Waals surface area contributed by atoms with E-state index in [1.807, 2.05) is 30.3 Å². The van der Waals surface area contributed by atoms with Crippen molar-refractivity contribution in [2.24, 2.45) is 5.92 Å². The number of likely N-dealkylation sites (tertiary alicyclic amines) is 1. The fourth-order valence-electron chi connectivity index (χ4n) is 3.80. The van der Waals surface area contributed by atoms with Crippen LogP contribution < -0.4 is 10.1 Å². The van der Waals surface area contributed by atoms with Crippen LogP contribution in [0.5, 0.6) is 5.75 Å². The van der Waals surface area contributed by atoms with Crippen LogP contribution in [0.3, 0.4) is 0 Å². The van der Waals surface area contributed by atoms with Gasteiger partial charge in [0.1, 0.15) is 23.5 Å². The maximum absolute atomic E-state index is 13.3. The smallest absolute Gasteiger partial charge is 0.322 e. The fraction of sp³-hybridized carbons (Fsp3) is 0.280. The molecule has 1 N–H and O–H groups in total. The van der Waals surface area contributed by atoms with E-state index in [0.29, 0.717) is 31.8 Å². The van der Waals surface area contributed by atoms with Crippen molar-refractivity contribution in [1.29, 1.82) is 0 Å². The van der Waals surface area contributed by atoms with Gasteiger partial charge in [-0.05, 0) is 47.7 Å². The van der Waals surface area contributed by atoms with Gasteiger partial charge >= 0.3 is 6.03 Å². The van der Waals surface area contributed by atoms with E-state index in [2.05, 4.69) is 23.5 Å². The summed E-state index contributed by atoms with van der Waals surface area (Å²) in [5, 5.41) is 6.39. The number of amides is 2. The summed E-state index contributed by atoms with van der Waals surface area (Å²) < 4.78 is 23.9. The normalized spacial score (nSPS) is 17.4. The van der Waals surface area contributed by atoms with Crippen molar-refractivity contribution in [2.45, 2.75) is 19.8 Å². The van der Waals surface area contributed by atoms with Crippen LogP contribution in [0.2, 0.25) is 0 Å². The largest absolute Gasteiger partial charge is 0.493 e. The topological polar surface area (TPSA) is 67.6 Å². The minimum Gasteiger partial charge on any atom is -0.493 e. The van der Waals surface area contributed by atoms with Crippen molar-refractivity contribution in [3.63, 3.8) is 0 Å². The molecule has 4 rings (SSSR count). The van der Waals surface area contributed by atoms with E-state index in [0.717, 1.165) is 23.3 Å². The van der Waals surface area contributed by atoms with Gasteiger partial charge in [-0.15, -0.1) is 0 Å². The summed E-state index contributed by atoms with van der Waals surface area (Å²) in [6, 6.07) is 14.4. The predicted molar refractivity (Wildman–Crippen MR) is 121 cm³/mol. The van der Waals surface area contributed by atoms with Gasteiger partial charge in [-0.25, -0.2) is 9.18 Å². The Labute approximate surface area is 186 Å². The number of piperidine rings is 1.